The topological polar surface area (TPSA) is 21.2 Å². The van der Waals surface area contributed by atoms with Gasteiger partial charge in [-0.15, -0.1) is 0 Å². The molecule has 4 aromatic rings. The van der Waals surface area contributed by atoms with E-state index in [-0.39, 0.29) is 27.2 Å². The van der Waals surface area contributed by atoms with Crippen LogP contribution in [0.1, 0.15) is 96.7 Å². The fourth-order valence-corrected chi connectivity index (χ4v) is 8.75. The van der Waals surface area contributed by atoms with Crippen molar-refractivity contribution in [2.75, 3.05) is 0 Å². The number of imidazole rings is 1. The molecule has 168 valence electrons. The van der Waals surface area contributed by atoms with Gasteiger partial charge in [0.25, 0.3) is 5.65 Å². The standard InChI is InChI=1S/C30H34N3/c1-26(2,3)25-31-20-10-8-9-17-23(20)24-32(25)21-13-18-19-14-22(21)33(24)30(16-29(17,30)7)12-11-28(19,6)15-27(18,4)5/h8-10,13-14H,11-12,15-16H2,1-7H3/q+1. The molecule has 0 radical (unpaired) electrons. The Bertz CT molecular complexity index is 1610. The molecule has 2 aromatic heterocycles. The largest absolute Gasteiger partial charge is 0.299 e. The van der Waals surface area contributed by atoms with Gasteiger partial charge in [0.15, 0.2) is 11.0 Å². The van der Waals surface area contributed by atoms with Gasteiger partial charge >= 0.3 is 0 Å². The molecule has 1 spiro atoms. The molecule has 3 atom stereocenters. The molecule has 4 heterocycles. The quantitative estimate of drug-likeness (QED) is 0.295. The molecule has 3 nitrogen and oxygen atoms in total. The highest BCUT2D eigenvalue weighted by Gasteiger charge is 2.74. The van der Waals surface area contributed by atoms with Crippen LogP contribution in [0.3, 0.4) is 0 Å². The van der Waals surface area contributed by atoms with Crippen molar-refractivity contribution in [2.24, 2.45) is 0 Å². The van der Waals surface area contributed by atoms with E-state index < -0.39 is 0 Å². The van der Waals surface area contributed by atoms with Crippen LogP contribution in [0.4, 0.5) is 0 Å². The van der Waals surface area contributed by atoms with Crippen molar-refractivity contribution in [1.29, 1.82) is 0 Å². The Balaban J connectivity index is 1.71. The molecule has 4 aliphatic rings. The first-order valence-corrected chi connectivity index (χ1v) is 12.8. The minimum atomic E-state index is -0.0470. The Morgan fingerprint density at radius 1 is 0.939 bits per heavy atom. The lowest BCUT2D eigenvalue weighted by molar-refractivity contribution is -0.698. The summed E-state index contributed by atoms with van der Waals surface area (Å²) in [5.74, 6) is 1.18. The maximum atomic E-state index is 5.37. The lowest BCUT2D eigenvalue weighted by Crippen LogP contribution is -2.54. The van der Waals surface area contributed by atoms with Crippen molar-refractivity contribution < 1.29 is 4.57 Å². The summed E-state index contributed by atoms with van der Waals surface area (Å²) < 4.78 is 5.37. The lowest BCUT2D eigenvalue weighted by Gasteiger charge is -2.33. The van der Waals surface area contributed by atoms with Crippen molar-refractivity contribution in [3.63, 3.8) is 0 Å². The van der Waals surface area contributed by atoms with Gasteiger partial charge < -0.3 is 0 Å². The highest BCUT2D eigenvalue weighted by atomic mass is 15.3. The van der Waals surface area contributed by atoms with Crippen molar-refractivity contribution in [3.05, 3.63) is 52.8 Å². The second-order valence-corrected chi connectivity index (χ2v) is 13.9. The summed E-state index contributed by atoms with van der Waals surface area (Å²) in [5, 5.41) is 1.39. The maximum absolute atomic E-state index is 5.37. The van der Waals surface area contributed by atoms with Crippen LogP contribution in [0.25, 0.3) is 27.6 Å². The van der Waals surface area contributed by atoms with Gasteiger partial charge in [-0.05, 0) is 65.0 Å². The Labute approximate surface area is 195 Å². The number of hydrogen-bond acceptors (Lipinski definition) is 1. The van der Waals surface area contributed by atoms with Crippen LogP contribution in [0, 0.1) is 0 Å². The second kappa shape index (κ2) is 4.85. The van der Waals surface area contributed by atoms with E-state index in [1.807, 2.05) is 0 Å². The zero-order valence-corrected chi connectivity index (χ0v) is 21.1. The summed E-state index contributed by atoms with van der Waals surface area (Å²) in [4.78, 5) is 5.37. The van der Waals surface area contributed by atoms with Gasteiger partial charge in [0.2, 0.25) is 5.82 Å². The highest BCUT2D eigenvalue weighted by molar-refractivity contribution is 5.99. The number of benzene rings is 2. The van der Waals surface area contributed by atoms with Crippen LogP contribution in [-0.4, -0.2) is 9.38 Å². The van der Waals surface area contributed by atoms with Crippen molar-refractivity contribution in [3.8, 4) is 0 Å². The Morgan fingerprint density at radius 2 is 1.73 bits per heavy atom. The third-order valence-electron chi connectivity index (χ3n) is 10.3. The van der Waals surface area contributed by atoms with E-state index in [9.17, 15) is 0 Å². The van der Waals surface area contributed by atoms with Crippen LogP contribution in [0.2, 0.25) is 0 Å². The lowest BCUT2D eigenvalue weighted by atomic mass is 9.74. The molecule has 3 unspecified atom stereocenters. The highest BCUT2D eigenvalue weighted by Crippen LogP contribution is 2.68. The molecule has 33 heavy (non-hydrogen) atoms. The molecule has 3 heteroatoms. The van der Waals surface area contributed by atoms with Gasteiger partial charge in [0.1, 0.15) is 5.54 Å². The number of fused-ring (bicyclic) bond motifs is 2. The van der Waals surface area contributed by atoms with Crippen LogP contribution in [0.15, 0.2) is 30.3 Å². The number of aromatic nitrogens is 3. The van der Waals surface area contributed by atoms with E-state index >= 15 is 0 Å². The monoisotopic (exact) mass is 436 g/mol. The Hall–Kier alpha value is -2.42. The molecule has 8 rings (SSSR count). The summed E-state index contributed by atoms with van der Waals surface area (Å²) in [6, 6.07) is 12.1. The normalized spacial score (nSPS) is 32.8. The fraction of sp³-hybridized carbons (Fsp3) is 0.533. The Morgan fingerprint density at radius 3 is 2.48 bits per heavy atom. The van der Waals surface area contributed by atoms with Gasteiger partial charge in [-0.3, -0.25) is 0 Å². The van der Waals surface area contributed by atoms with Crippen LogP contribution in [-0.2, 0) is 27.2 Å². The van der Waals surface area contributed by atoms with Crippen LogP contribution >= 0.6 is 0 Å². The Kier molecular flexibility index (Phi) is 2.78. The third kappa shape index (κ3) is 1.81. The first kappa shape index (κ1) is 18.9. The van der Waals surface area contributed by atoms with E-state index in [0.29, 0.717) is 0 Å². The van der Waals surface area contributed by atoms with Gasteiger partial charge in [-0.25, -0.2) is 9.55 Å². The second-order valence-electron chi connectivity index (χ2n) is 13.9. The predicted octanol–water partition coefficient (Wildman–Crippen LogP) is 6.33. The fourth-order valence-electron chi connectivity index (χ4n) is 8.75. The van der Waals surface area contributed by atoms with Crippen molar-refractivity contribution in [2.45, 2.75) is 101 Å². The molecule has 0 N–H and O–H groups in total. The average Bonchev–Trinajstić information content (AvgIpc) is 3.15. The van der Waals surface area contributed by atoms with Crippen LogP contribution < -0.4 is 4.57 Å². The van der Waals surface area contributed by atoms with E-state index in [2.05, 4.69) is 87.8 Å². The van der Waals surface area contributed by atoms with Crippen molar-refractivity contribution >= 4 is 27.6 Å². The van der Waals surface area contributed by atoms with E-state index in [1.54, 1.807) is 11.1 Å². The molecule has 2 aliphatic heterocycles. The van der Waals surface area contributed by atoms with Crippen LogP contribution in [0.5, 0.6) is 0 Å². The van der Waals surface area contributed by atoms with Gasteiger partial charge in [0, 0.05) is 17.3 Å². The first-order valence-electron chi connectivity index (χ1n) is 12.8. The average molecular weight is 437 g/mol. The summed E-state index contributed by atoms with van der Waals surface area (Å²) in [6.45, 7) is 16.9. The summed E-state index contributed by atoms with van der Waals surface area (Å²) in [7, 11) is 0. The summed E-state index contributed by atoms with van der Waals surface area (Å²) >= 11 is 0. The zero-order chi connectivity index (χ0) is 22.9. The SMILES string of the molecule is CC(C)(C)c1nc2cccc3c2c2n1c1cc4c5cc1[n+]2C1(CCC5(C)CC4(C)C)CC31C. The number of nitrogens with zero attached hydrogens (tertiary/aromatic N) is 3. The molecule has 1 saturated carbocycles. The number of rotatable bonds is 0. The molecule has 2 bridgehead atoms. The molecular formula is C30H34N3+. The zero-order valence-electron chi connectivity index (χ0n) is 21.1. The van der Waals surface area contributed by atoms with Gasteiger partial charge in [0.05, 0.1) is 10.9 Å². The van der Waals surface area contributed by atoms with Gasteiger partial charge in [-0.1, -0.05) is 60.6 Å². The number of hydrogen-bond donors (Lipinski definition) is 0. The van der Waals surface area contributed by atoms with Gasteiger partial charge in [-0.2, -0.15) is 4.40 Å². The smallest absolute Gasteiger partial charge is 0.216 e. The van der Waals surface area contributed by atoms with E-state index in [4.69, 9.17) is 4.98 Å². The molecular weight excluding hydrogens is 402 g/mol. The molecule has 2 aliphatic carbocycles. The maximum Gasteiger partial charge on any atom is 0.299 e. The summed E-state index contributed by atoms with van der Waals surface area (Å²) in [5.41, 5.74) is 10.9. The third-order valence-corrected chi connectivity index (χ3v) is 10.3. The first-order chi connectivity index (χ1) is 15.4. The molecule has 1 fully saturated rings. The molecule has 2 aromatic carbocycles. The minimum Gasteiger partial charge on any atom is -0.216 e. The van der Waals surface area contributed by atoms with E-state index in [0.717, 1.165) is 5.52 Å². The summed E-state index contributed by atoms with van der Waals surface area (Å²) in [6.07, 6.45) is 5.04. The minimum absolute atomic E-state index is 0.0470. The molecule has 0 amide bonds. The van der Waals surface area contributed by atoms with Crippen molar-refractivity contribution in [1.82, 2.24) is 9.38 Å². The molecule has 0 saturated heterocycles. The van der Waals surface area contributed by atoms with E-state index in [1.165, 1.54) is 59.1 Å². The predicted molar refractivity (Wildman–Crippen MR) is 133 cm³/mol.